The summed E-state index contributed by atoms with van der Waals surface area (Å²) in [5, 5.41) is 17.1. The van der Waals surface area contributed by atoms with Gasteiger partial charge in [-0.25, -0.2) is 0 Å². The molecule has 9 aromatic carbocycles. The Morgan fingerprint density at radius 3 is 1.05 bits per heavy atom. The van der Waals surface area contributed by atoms with Crippen molar-refractivity contribution in [3.63, 3.8) is 0 Å². The van der Waals surface area contributed by atoms with Crippen molar-refractivity contribution in [2.45, 2.75) is 74.5 Å². The summed E-state index contributed by atoms with van der Waals surface area (Å²) in [6, 6.07) is 45.6. The average molecular weight is 1910 g/mol. The van der Waals surface area contributed by atoms with Crippen LogP contribution < -0.4 is 92.6 Å². The molecule has 128 heavy (non-hydrogen) atoms. The number of alkyl halides is 10. The van der Waals surface area contributed by atoms with E-state index in [1.807, 2.05) is 0 Å². The van der Waals surface area contributed by atoms with Gasteiger partial charge >= 0.3 is 55.9 Å². The quantitative estimate of drug-likeness (QED) is 0.0116. The second kappa shape index (κ2) is 43.2. The van der Waals surface area contributed by atoms with Gasteiger partial charge in [0, 0.05) is 142 Å². The number of carboxylic acid groups (broad SMARTS) is 1. The fourth-order valence-electron chi connectivity index (χ4n) is 14.4. The van der Waals surface area contributed by atoms with E-state index < -0.39 is 65.3 Å². The summed E-state index contributed by atoms with van der Waals surface area (Å²) in [5.74, 6) is -0.782. The zero-order valence-electron chi connectivity index (χ0n) is 70.2. The second-order valence-electron chi connectivity index (χ2n) is 29.8. The molecule has 0 radical (unpaired) electrons. The first-order chi connectivity index (χ1) is 59.9. The molecule has 0 spiro atoms. The van der Waals surface area contributed by atoms with Crippen molar-refractivity contribution in [3.05, 3.63) is 230 Å². The maximum atomic E-state index is 14.0. The molecule has 39 heteroatoms. The number of nitrogens with zero attached hydrogens (tertiary/aromatic N) is 3. The van der Waals surface area contributed by atoms with Crippen LogP contribution in [0.4, 0.5) is 73.6 Å². The number of aliphatic carboxylic acids is 1. The summed E-state index contributed by atoms with van der Waals surface area (Å²) in [4.78, 5) is 78.7. The molecule has 3 aliphatic heterocycles. The smallest absolute Gasteiger partial charge is 1.00 e. The van der Waals surface area contributed by atoms with Gasteiger partial charge in [-0.3, -0.25) is 28.8 Å². The number of benzene rings is 9. The molecule has 678 valence electrons. The van der Waals surface area contributed by atoms with Crippen LogP contribution in [0, 0.1) is 35.5 Å². The van der Waals surface area contributed by atoms with E-state index in [1.54, 1.807) is 141 Å². The third kappa shape index (κ3) is 26.9. The Hall–Kier alpha value is -11.3. The van der Waals surface area contributed by atoms with Gasteiger partial charge in [-0.15, -0.1) is 39.5 Å². The second-order valence-corrected chi connectivity index (χ2v) is 32.0. The molecule has 6 aliphatic rings. The maximum absolute atomic E-state index is 14.0. The number of nitrogens with two attached hydrogens (primary N) is 1. The monoisotopic (exact) mass is 1900 g/mol. The molecule has 3 aliphatic carbocycles. The fraction of sp³-hybridized carbons (Fsp3) is 0.326. The number of carboxylic acids is 1. The summed E-state index contributed by atoms with van der Waals surface area (Å²) >= 11 is 21.4. The van der Waals surface area contributed by atoms with Gasteiger partial charge in [0.05, 0.1) is 90.2 Å². The number of carbonyl (C=O) groups is 6. The molecule has 3 amide bonds. The molecule has 3 unspecified atom stereocenters. The number of halogens is 13. The van der Waals surface area contributed by atoms with E-state index in [1.165, 1.54) is 91.7 Å². The van der Waals surface area contributed by atoms with Crippen LogP contribution in [0.15, 0.2) is 182 Å². The Labute approximate surface area is 765 Å². The minimum atomic E-state index is -4.87. The number of fused-ring (bicyclic) bond motifs is 3. The molecule has 3 saturated carbocycles. The van der Waals surface area contributed by atoms with Crippen LogP contribution in [0.5, 0.6) is 51.7 Å². The van der Waals surface area contributed by atoms with E-state index in [4.69, 9.17) is 78.8 Å². The molecule has 25 nitrogen and oxygen atoms in total. The Balaban J connectivity index is 0.000000202. The van der Waals surface area contributed by atoms with Crippen LogP contribution in [-0.4, -0.2) is 140 Å². The molecule has 3 heterocycles. The molecular weight excluding hydrogens is 1820 g/mol. The fourth-order valence-corrected chi connectivity index (χ4v) is 15.3. The predicted molar refractivity (Wildman–Crippen MR) is 457 cm³/mol. The topological polar surface area (TPSA) is 315 Å². The number of hydrogen-bond acceptors (Lipinski definition) is 20. The van der Waals surface area contributed by atoms with Crippen LogP contribution in [-0.2, 0) is 57.5 Å². The van der Waals surface area contributed by atoms with E-state index in [-0.39, 0.29) is 105 Å². The standard InChI is InChI=1S/C30H28ClF3N2O6.C29H26ClF3N2O6.C17H12BrClF3NO2.C13H17NO4.Li.H2O.H/c1-39-23-12-21(13-24(14-23)41-16-19-11-25(19)29(38)40-2)35-27(18-3-6-20(31)7-4-18)28(37)36-10-9-17-5-8-22(15-26(17)36)42-30(32,33)34;1-39-22-11-20(12-23(13-22)40-15-18-10-24(18)28(37)38)34-26(17-2-5-19(30)6-3-17)27(36)35-9-8-16-4-7-21(14-25(16)35)41-29(31,32)33;18-15(11-1-4-12(19)5-2-11)16(24)23-8-7-10-3-6-13(9-14(10)23)25-17(20,21)22;1-16-10-4-9(14)5-11(6-10)18-7-8-3-12(8)13(15)17-2;;;/h3-8,12-15,19,25,27,35H,9-11,16H2,1-2H3;2-7,11-14,18,24,26,34H,8-10,15H2,1H3,(H,37,38);1-6,9,15H,7-8H2;4-6,8,12H,3,7,14H2,1-2H3;;1H2;/q;;;;+1;;-1/t19-,25+,27?;18-,24+,26?;;8-,12+;;;/m11.1.../s1. The third-order valence-corrected chi connectivity index (χ3v) is 22.8. The van der Waals surface area contributed by atoms with E-state index in [9.17, 15) is 68.3 Å². The van der Waals surface area contributed by atoms with E-state index in [0.29, 0.717) is 152 Å². The van der Waals surface area contributed by atoms with Gasteiger partial charge in [0.25, 0.3) is 11.8 Å². The van der Waals surface area contributed by atoms with Crippen LogP contribution in [0.25, 0.3) is 0 Å². The van der Waals surface area contributed by atoms with Crippen molar-refractivity contribution >= 4 is 120 Å². The van der Waals surface area contributed by atoms with Crippen molar-refractivity contribution in [1.82, 2.24) is 0 Å². The number of esters is 2. The summed E-state index contributed by atoms with van der Waals surface area (Å²) in [5.41, 5.74) is 12.5. The maximum Gasteiger partial charge on any atom is 1.00 e. The number of carbonyl (C=O) groups excluding carboxylic acids is 5. The molecule has 0 bridgehead atoms. The number of rotatable bonds is 28. The number of anilines is 6. The molecule has 0 saturated heterocycles. The Kier molecular flexibility index (Phi) is 33.4. The van der Waals surface area contributed by atoms with Gasteiger partial charge in [0.15, 0.2) is 0 Å². The number of hydrogen-bond donors (Lipinski definition) is 4. The SMILES string of the molecule is COC(=O)[C@H]1C[C@@H]1COc1cc(N)cc(OC)c1.COC(=O)[C@H]1C[C@@H]1COc1cc(NC(C(=O)N2CCc3ccc(OC(F)(F)F)cc32)c2ccc(Cl)cc2)cc(OC)c1.COc1cc(NC(C(=O)N2CCc3ccc(OC(F)(F)F)cc32)c2ccc(Cl)cc2)cc(OC[C@H]2C[C@@H]2C(=O)O)c1.O.O=C(C(Br)c1ccc(Cl)cc1)N1CCc2ccc(OC(F)(F)F)cc21.[H-].[Li+]. The number of nitrogen functional groups attached to an aromatic ring is 1. The molecule has 15 rings (SSSR count). The van der Waals surface area contributed by atoms with Crippen molar-refractivity contribution in [3.8, 4) is 51.7 Å². The summed E-state index contributed by atoms with van der Waals surface area (Å²) in [6.45, 7) is 1.97. The number of nitrogens with one attached hydrogen (secondary N) is 2. The normalized spacial score (nSPS) is 17.7. The summed E-state index contributed by atoms with van der Waals surface area (Å²) < 4.78 is 169. The van der Waals surface area contributed by atoms with Crippen LogP contribution >= 0.6 is 50.7 Å². The first kappa shape index (κ1) is 98.8. The zero-order chi connectivity index (χ0) is 90.6. The number of methoxy groups -OCH3 is 5. The molecular formula is C89H86BrCl3F9LiN6O19. The minimum absolute atomic E-state index is 0. The van der Waals surface area contributed by atoms with Gasteiger partial charge < -0.3 is 95.2 Å². The van der Waals surface area contributed by atoms with E-state index in [0.717, 1.165) is 23.1 Å². The van der Waals surface area contributed by atoms with Crippen molar-refractivity contribution in [2.24, 2.45) is 35.5 Å². The van der Waals surface area contributed by atoms with E-state index >= 15 is 0 Å². The van der Waals surface area contributed by atoms with Gasteiger partial charge in [-0.2, -0.15) is 0 Å². The molecule has 9 aromatic rings. The molecule has 0 aromatic heterocycles. The van der Waals surface area contributed by atoms with E-state index in [2.05, 4.69) is 45.5 Å². The van der Waals surface area contributed by atoms with Gasteiger partial charge in [-0.05, 0) is 127 Å². The minimum Gasteiger partial charge on any atom is -1.00 e. The van der Waals surface area contributed by atoms with Gasteiger partial charge in [-0.1, -0.05) is 105 Å². The predicted octanol–water partition coefficient (Wildman–Crippen LogP) is 15.3. The van der Waals surface area contributed by atoms with Crippen LogP contribution in [0.3, 0.4) is 0 Å². The molecule has 3 fully saturated rings. The Morgan fingerprint density at radius 2 is 0.727 bits per heavy atom. The van der Waals surface area contributed by atoms with Crippen LogP contribution in [0.1, 0.15) is 71.0 Å². The largest absolute Gasteiger partial charge is 1.00 e. The summed E-state index contributed by atoms with van der Waals surface area (Å²) in [6.07, 6.45) is -10.9. The van der Waals surface area contributed by atoms with Crippen molar-refractivity contribution < 1.29 is 151 Å². The molecule has 9 atom stereocenters. The first-order valence-electron chi connectivity index (χ1n) is 39.1. The van der Waals surface area contributed by atoms with Crippen LogP contribution in [0.2, 0.25) is 15.1 Å². The van der Waals surface area contributed by atoms with Gasteiger partial charge in [0.2, 0.25) is 5.91 Å². The van der Waals surface area contributed by atoms with Gasteiger partial charge in [0.1, 0.15) is 68.7 Å². The summed E-state index contributed by atoms with van der Waals surface area (Å²) in [7, 11) is 7.31. The average Bonchev–Trinajstić information content (AvgIpc) is 1.09. The van der Waals surface area contributed by atoms with Crippen molar-refractivity contribution in [1.29, 1.82) is 0 Å². The zero-order valence-corrected chi connectivity index (χ0v) is 73.1. The molecule has 7 N–H and O–H groups in total. The third-order valence-electron chi connectivity index (χ3n) is 21.1. The Bertz CT molecular complexity index is 5440. The first-order valence-corrected chi connectivity index (χ1v) is 41.1. The number of ether oxygens (including phenoxy) is 11. The Morgan fingerprint density at radius 1 is 0.430 bits per heavy atom. The number of amides is 3. The van der Waals surface area contributed by atoms with Crippen molar-refractivity contribution in [2.75, 3.05) is 106 Å².